The Morgan fingerprint density at radius 3 is 2.74 bits per heavy atom. The molecule has 0 unspecified atom stereocenters. The average Bonchev–Trinajstić information content (AvgIpc) is 2.39. The van der Waals surface area contributed by atoms with Gasteiger partial charge in [-0.3, -0.25) is 4.79 Å². The molecule has 1 saturated carbocycles. The summed E-state index contributed by atoms with van der Waals surface area (Å²) in [4.78, 5) is 11.9. The van der Waals surface area contributed by atoms with Crippen LogP contribution in [0.4, 0.5) is 0 Å². The zero-order valence-corrected chi connectivity index (χ0v) is 13.1. The minimum absolute atomic E-state index is 0.203. The van der Waals surface area contributed by atoms with Gasteiger partial charge in [-0.15, -0.1) is 0 Å². The summed E-state index contributed by atoms with van der Waals surface area (Å²) in [5, 5.41) is 3.17. The SMILES string of the molecule is Cc1cc(Br)ccc1CCC(=O)NC1CCCCC1. The Labute approximate surface area is 124 Å². The lowest BCUT2D eigenvalue weighted by molar-refractivity contribution is -0.121. The lowest BCUT2D eigenvalue weighted by atomic mass is 9.95. The molecule has 0 bridgehead atoms. The number of carbonyl (C=O) groups excluding carboxylic acids is 1. The van der Waals surface area contributed by atoms with Crippen molar-refractivity contribution < 1.29 is 4.79 Å². The van der Waals surface area contributed by atoms with Gasteiger partial charge in [-0.1, -0.05) is 41.3 Å². The summed E-state index contributed by atoms with van der Waals surface area (Å²) in [7, 11) is 0. The maximum Gasteiger partial charge on any atom is 0.220 e. The Morgan fingerprint density at radius 1 is 1.32 bits per heavy atom. The van der Waals surface area contributed by atoms with Crippen LogP contribution in [-0.2, 0) is 11.2 Å². The van der Waals surface area contributed by atoms with Crippen LogP contribution in [0.25, 0.3) is 0 Å². The first-order valence-electron chi connectivity index (χ1n) is 7.19. The van der Waals surface area contributed by atoms with Crippen LogP contribution in [-0.4, -0.2) is 11.9 Å². The molecule has 1 amide bonds. The zero-order valence-electron chi connectivity index (χ0n) is 11.5. The van der Waals surface area contributed by atoms with Gasteiger partial charge in [0.05, 0.1) is 0 Å². The number of hydrogen-bond donors (Lipinski definition) is 1. The van der Waals surface area contributed by atoms with Crippen LogP contribution in [0.3, 0.4) is 0 Å². The van der Waals surface area contributed by atoms with E-state index in [0.29, 0.717) is 12.5 Å². The van der Waals surface area contributed by atoms with Gasteiger partial charge in [0.15, 0.2) is 0 Å². The van der Waals surface area contributed by atoms with Crippen LogP contribution in [0, 0.1) is 6.92 Å². The predicted molar refractivity (Wildman–Crippen MR) is 82.2 cm³/mol. The molecule has 0 saturated heterocycles. The second kappa shape index (κ2) is 7.09. The van der Waals surface area contributed by atoms with Crippen LogP contribution in [0.15, 0.2) is 22.7 Å². The molecule has 1 aromatic carbocycles. The fourth-order valence-corrected chi connectivity index (χ4v) is 3.21. The van der Waals surface area contributed by atoms with Gasteiger partial charge in [0.25, 0.3) is 0 Å². The van der Waals surface area contributed by atoms with Crippen LogP contribution in [0.5, 0.6) is 0 Å². The Kier molecular flexibility index (Phi) is 5.44. The minimum Gasteiger partial charge on any atom is -0.353 e. The molecule has 0 aromatic heterocycles. The van der Waals surface area contributed by atoms with Gasteiger partial charge in [-0.25, -0.2) is 0 Å². The van der Waals surface area contributed by atoms with Crippen LogP contribution in [0.2, 0.25) is 0 Å². The van der Waals surface area contributed by atoms with Gasteiger partial charge in [0.2, 0.25) is 5.91 Å². The topological polar surface area (TPSA) is 29.1 Å². The largest absolute Gasteiger partial charge is 0.353 e. The van der Waals surface area contributed by atoms with Gasteiger partial charge in [0.1, 0.15) is 0 Å². The third-order valence-electron chi connectivity index (χ3n) is 3.90. The van der Waals surface area contributed by atoms with Crippen molar-refractivity contribution in [2.24, 2.45) is 0 Å². The summed E-state index contributed by atoms with van der Waals surface area (Å²) >= 11 is 3.46. The molecular weight excluding hydrogens is 302 g/mol. The molecule has 1 aliphatic rings. The van der Waals surface area contributed by atoms with Crippen molar-refractivity contribution in [2.45, 2.75) is 57.9 Å². The highest BCUT2D eigenvalue weighted by Crippen LogP contribution is 2.19. The van der Waals surface area contributed by atoms with E-state index in [1.807, 2.05) is 6.07 Å². The van der Waals surface area contributed by atoms with Crippen LogP contribution < -0.4 is 5.32 Å². The number of rotatable bonds is 4. The number of halogens is 1. The fraction of sp³-hybridized carbons (Fsp3) is 0.562. The van der Waals surface area contributed by atoms with E-state index in [-0.39, 0.29) is 5.91 Å². The predicted octanol–water partition coefficient (Wildman–Crippen LogP) is 4.14. The van der Waals surface area contributed by atoms with Crippen molar-refractivity contribution in [1.29, 1.82) is 0 Å². The Morgan fingerprint density at radius 2 is 2.05 bits per heavy atom. The zero-order chi connectivity index (χ0) is 13.7. The first kappa shape index (κ1) is 14.6. The minimum atomic E-state index is 0.203. The average molecular weight is 324 g/mol. The maximum atomic E-state index is 11.9. The summed E-state index contributed by atoms with van der Waals surface area (Å²) in [6, 6.07) is 6.68. The molecule has 0 radical (unpaired) electrons. The van der Waals surface area contributed by atoms with E-state index >= 15 is 0 Å². The van der Waals surface area contributed by atoms with Crippen molar-refractivity contribution in [3.63, 3.8) is 0 Å². The smallest absolute Gasteiger partial charge is 0.220 e. The highest BCUT2D eigenvalue weighted by atomic mass is 79.9. The van der Waals surface area contributed by atoms with Crippen molar-refractivity contribution in [3.05, 3.63) is 33.8 Å². The van der Waals surface area contributed by atoms with E-state index in [9.17, 15) is 4.79 Å². The molecule has 2 rings (SSSR count). The number of carbonyl (C=O) groups is 1. The highest BCUT2D eigenvalue weighted by molar-refractivity contribution is 9.10. The van der Waals surface area contributed by atoms with Crippen molar-refractivity contribution >= 4 is 21.8 Å². The fourth-order valence-electron chi connectivity index (χ4n) is 2.73. The van der Waals surface area contributed by atoms with Crippen LogP contribution >= 0.6 is 15.9 Å². The van der Waals surface area contributed by atoms with E-state index in [4.69, 9.17) is 0 Å². The molecule has 1 N–H and O–H groups in total. The molecule has 3 heteroatoms. The molecule has 1 aromatic rings. The first-order chi connectivity index (χ1) is 9.15. The summed E-state index contributed by atoms with van der Waals surface area (Å²) < 4.78 is 1.10. The molecule has 1 fully saturated rings. The quantitative estimate of drug-likeness (QED) is 0.886. The van der Waals surface area contributed by atoms with Gasteiger partial charge in [-0.05, 0) is 49.4 Å². The normalized spacial score (nSPS) is 16.3. The van der Waals surface area contributed by atoms with Gasteiger partial charge >= 0.3 is 0 Å². The first-order valence-corrected chi connectivity index (χ1v) is 7.99. The molecule has 0 atom stereocenters. The summed E-state index contributed by atoms with van der Waals surface area (Å²) in [5.41, 5.74) is 2.52. The molecule has 19 heavy (non-hydrogen) atoms. The lowest BCUT2D eigenvalue weighted by Crippen LogP contribution is -2.36. The van der Waals surface area contributed by atoms with Gasteiger partial charge in [0, 0.05) is 16.9 Å². The highest BCUT2D eigenvalue weighted by Gasteiger charge is 2.15. The Balaban J connectivity index is 1.79. The molecule has 0 heterocycles. The van der Waals surface area contributed by atoms with Crippen molar-refractivity contribution in [3.8, 4) is 0 Å². The summed E-state index contributed by atoms with van der Waals surface area (Å²) in [6.07, 6.45) is 7.58. The van der Waals surface area contributed by atoms with Gasteiger partial charge in [-0.2, -0.15) is 0 Å². The molecule has 2 nitrogen and oxygen atoms in total. The van der Waals surface area contributed by atoms with Gasteiger partial charge < -0.3 is 5.32 Å². The van der Waals surface area contributed by atoms with E-state index < -0.39 is 0 Å². The van der Waals surface area contributed by atoms with E-state index in [0.717, 1.165) is 23.7 Å². The maximum absolute atomic E-state index is 11.9. The third kappa shape index (κ3) is 4.64. The number of aryl methyl sites for hydroxylation is 2. The second-order valence-electron chi connectivity index (χ2n) is 5.47. The molecule has 104 valence electrons. The Bertz CT molecular complexity index is 438. The van der Waals surface area contributed by atoms with Crippen molar-refractivity contribution in [2.75, 3.05) is 0 Å². The van der Waals surface area contributed by atoms with E-state index in [1.54, 1.807) is 0 Å². The van der Waals surface area contributed by atoms with Crippen LogP contribution in [0.1, 0.15) is 49.7 Å². The molecule has 0 spiro atoms. The van der Waals surface area contributed by atoms with E-state index in [1.165, 1.54) is 30.4 Å². The number of benzene rings is 1. The molecule has 1 aliphatic carbocycles. The molecular formula is C16H22BrNO. The number of amides is 1. The number of nitrogens with one attached hydrogen (secondary N) is 1. The van der Waals surface area contributed by atoms with E-state index in [2.05, 4.69) is 40.3 Å². The summed E-state index contributed by atoms with van der Waals surface area (Å²) in [5.74, 6) is 0.203. The Hall–Kier alpha value is -0.830. The lowest BCUT2D eigenvalue weighted by Gasteiger charge is -2.22. The molecule has 0 aliphatic heterocycles. The monoisotopic (exact) mass is 323 g/mol. The summed E-state index contributed by atoms with van der Waals surface area (Å²) in [6.45, 7) is 2.10. The number of hydrogen-bond acceptors (Lipinski definition) is 1. The third-order valence-corrected chi connectivity index (χ3v) is 4.39. The van der Waals surface area contributed by atoms with Crippen molar-refractivity contribution in [1.82, 2.24) is 5.32 Å². The second-order valence-corrected chi connectivity index (χ2v) is 6.39. The standard InChI is InChI=1S/C16H22BrNO/c1-12-11-14(17)9-7-13(12)8-10-16(19)18-15-5-3-2-4-6-15/h7,9,11,15H,2-6,8,10H2,1H3,(H,18,19).